The van der Waals surface area contributed by atoms with E-state index in [0.29, 0.717) is 25.6 Å². The van der Waals surface area contributed by atoms with Crippen molar-refractivity contribution in [2.75, 3.05) is 13.1 Å². The first-order valence-corrected chi connectivity index (χ1v) is 11.2. The molecule has 0 bridgehead atoms. The number of hydrogen-bond donors (Lipinski definition) is 1. The number of hydrogen-bond acceptors (Lipinski definition) is 4. The Hall–Kier alpha value is -1.41. The van der Waals surface area contributed by atoms with Gasteiger partial charge in [-0.15, -0.1) is 0 Å². The molecule has 1 saturated carbocycles. The Morgan fingerprint density at radius 2 is 1.85 bits per heavy atom. The van der Waals surface area contributed by atoms with Crippen LogP contribution in [0.3, 0.4) is 0 Å². The monoisotopic (exact) mass is 382 g/mol. The average Bonchev–Trinajstić information content (AvgIpc) is 3.08. The van der Waals surface area contributed by atoms with E-state index in [-0.39, 0.29) is 22.5 Å². The van der Waals surface area contributed by atoms with Crippen molar-refractivity contribution >= 4 is 15.9 Å². The number of carbonyl (C=O) groups is 1. The number of amides is 1. The molecule has 146 valence electrons. The first-order chi connectivity index (χ1) is 12.4. The lowest BCUT2D eigenvalue weighted by Crippen LogP contribution is -2.40. The van der Waals surface area contributed by atoms with Gasteiger partial charge in [0.1, 0.15) is 0 Å². The molecule has 1 aromatic rings. The van der Waals surface area contributed by atoms with Gasteiger partial charge in [-0.1, -0.05) is 26.2 Å². The van der Waals surface area contributed by atoms with Gasteiger partial charge in [-0.25, -0.2) is 8.42 Å². The summed E-state index contributed by atoms with van der Waals surface area (Å²) in [5, 5.41) is 7.16. The van der Waals surface area contributed by atoms with Gasteiger partial charge >= 0.3 is 0 Å². The van der Waals surface area contributed by atoms with Gasteiger partial charge in [-0.05, 0) is 38.5 Å². The quantitative estimate of drug-likeness (QED) is 0.847. The smallest absolute Gasteiger partial charge is 0.263 e. The second-order valence-electron chi connectivity index (χ2n) is 7.60. The molecule has 0 spiro atoms. The summed E-state index contributed by atoms with van der Waals surface area (Å²) in [6.45, 7) is 5.53. The zero-order valence-corrected chi connectivity index (χ0v) is 16.6. The minimum absolute atomic E-state index is 0.0952. The highest BCUT2D eigenvalue weighted by molar-refractivity contribution is 7.89. The molecule has 0 radical (unpaired) electrons. The first kappa shape index (κ1) is 19.4. The van der Waals surface area contributed by atoms with E-state index in [1.807, 2.05) is 6.92 Å². The molecule has 0 aromatic carbocycles. The summed E-state index contributed by atoms with van der Waals surface area (Å²) in [7, 11) is -3.75. The van der Waals surface area contributed by atoms with Crippen molar-refractivity contribution in [3.8, 4) is 0 Å². The van der Waals surface area contributed by atoms with Crippen LogP contribution in [0.15, 0.2) is 11.2 Å². The van der Waals surface area contributed by atoms with Crippen molar-refractivity contribution in [1.29, 1.82) is 0 Å². The number of nitrogens with one attached hydrogen (secondary N) is 1. The maximum atomic E-state index is 13.1. The van der Waals surface area contributed by atoms with Crippen LogP contribution in [0.2, 0.25) is 0 Å². The maximum absolute atomic E-state index is 13.1. The third kappa shape index (κ3) is 4.11. The SMILES string of the molecule is CCn1cc(C(=O)NC2CCCCC2)c(S(=O)(=O)N2CCC(C)CC2)n1. The third-order valence-corrected chi connectivity index (χ3v) is 7.40. The average molecular weight is 383 g/mol. The van der Waals surface area contributed by atoms with Crippen molar-refractivity contribution in [1.82, 2.24) is 19.4 Å². The van der Waals surface area contributed by atoms with Gasteiger partial charge in [-0.3, -0.25) is 9.48 Å². The van der Waals surface area contributed by atoms with Crippen molar-refractivity contribution in [3.63, 3.8) is 0 Å². The standard InChI is InChI=1S/C18H30N4O3S/c1-3-21-13-16(17(23)19-15-7-5-4-6-8-15)18(20-21)26(24,25)22-11-9-14(2)10-12-22/h13-15H,3-12H2,1-2H3,(H,19,23). The normalized spacial score (nSPS) is 21.0. The van der Waals surface area contributed by atoms with Crippen molar-refractivity contribution in [2.45, 2.75) is 76.4 Å². The highest BCUT2D eigenvalue weighted by atomic mass is 32.2. The van der Waals surface area contributed by atoms with Gasteiger partial charge in [0.2, 0.25) is 5.03 Å². The fourth-order valence-electron chi connectivity index (χ4n) is 3.77. The summed E-state index contributed by atoms with van der Waals surface area (Å²) in [4.78, 5) is 12.8. The summed E-state index contributed by atoms with van der Waals surface area (Å²) >= 11 is 0. The molecule has 1 aromatic heterocycles. The van der Waals surface area contributed by atoms with Gasteiger partial charge in [0.25, 0.3) is 15.9 Å². The lowest BCUT2D eigenvalue weighted by atomic mass is 9.95. The first-order valence-electron chi connectivity index (χ1n) is 9.80. The van der Waals surface area contributed by atoms with Crippen LogP contribution in [0.4, 0.5) is 0 Å². The van der Waals surface area contributed by atoms with E-state index in [4.69, 9.17) is 0 Å². The maximum Gasteiger partial charge on any atom is 0.263 e. The molecule has 1 aliphatic heterocycles. The van der Waals surface area contributed by atoms with Crippen LogP contribution in [0, 0.1) is 5.92 Å². The zero-order chi connectivity index (χ0) is 18.7. The second-order valence-corrected chi connectivity index (χ2v) is 9.45. The molecular formula is C18H30N4O3S. The number of rotatable bonds is 5. The Labute approximate surface area is 156 Å². The lowest BCUT2D eigenvalue weighted by molar-refractivity contribution is 0.0924. The van der Waals surface area contributed by atoms with E-state index in [1.54, 1.807) is 6.20 Å². The molecule has 2 aliphatic rings. The van der Waals surface area contributed by atoms with Gasteiger partial charge in [0.15, 0.2) is 0 Å². The van der Waals surface area contributed by atoms with Crippen molar-refractivity contribution in [2.24, 2.45) is 5.92 Å². The number of piperidine rings is 1. The molecule has 0 unspecified atom stereocenters. The Kier molecular flexibility index (Phi) is 6.02. The number of nitrogens with zero attached hydrogens (tertiary/aromatic N) is 3. The summed E-state index contributed by atoms with van der Waals surface area (Å²) < 4.78 is 29.2. The largest absolute Gasteiger partial charge is 0.349 e. The van der Waals surface area contributed by atoms with Crippen LogP contribution >= 0.6 is 0 Å². The molecule has 0 atom stereocenters. The molecular weight excluding hydrogens is 352 g/mol. The molecule has 8 heteroatoms. The fraction of sp³-hybridized carbons (Fsp3) is 0.778. The van der Waals surface area contributed by atoms with E-state index >= 15 is 0 Å². The van der Waals surface area contributed by atoms with Crippen LogP contribution in [-0.4, -0.2) is 47.5 Å². The third-order valence-electron chi connectivity index (χ3n) is 5.56. The molecule has 2 heterocycles. The second kappa shape index (κ2) is 8.08. The van der Waals surface area contributed by atoms with E-state index in [2.05, 4.69) is 17.3 Å². The highest BCUT2D eigenvalue weighted by Crippen LogP contribution is 2.25. The molecule has 26 heavy (non-hydrogen) atoms. The van der Waals surface area contributed by atoms with E-state index < -0.39 is 10.0 Å². The van der Waals surface area contributed by atoms with E-state index in [0.717, 1.165) is 38.5 Å². The van der Waals surface area contributed by atoms with Gasteiger partial charge in [0.05, 0.1) is 5.56 Å². The summed E-state index contributed by atoms with van der Waals surface area (Å²) in [5.41, 5.74) is 0.177. The van der Waals surface area contributed by atoms with Gasteiger partial charge in [-0.2, -0.15) is 9.40 Å². The Balaban J connectivity index is 1.84. The molecule has 1 aliphatic carbocycles. The molecule has 7 nitrogen and oxygen atoms in total. The van der Waals surface area contributed by atoms with Crippen LogP contribution in [0.1, 0.15) is 69.2 Å². The lowest BCUT2D eigenvalue weighted by Gasteiger charge is -2.29. The van der Waals surface area contributed by atoms with Crippen LogP contribution < -0.4 is 5.32 Å². The summed E-state index contributed by atoms with van der Waals surface area (Å²) in [6.07, 6.45) is 8.59. The summed E-state index contributed by atoms with van der Waals surface area (Å²) in [5.74, 6) is 0.212. The molecule has 1 amide bonds. The van der Waals surface area contributed by atoms with Crippen LogP contribution in [0.5, 0.6) is 0 Å². The van der Waals surface area contributed by atoms with E-state index in [9.17, 15) is 13.2 Å². The number of carbonyl (C=O) groups excluding carboxylic acids is 1. The molecule has 2 fully saturated rings. The van der Waals surface area contributed by atoms with Crippen LogP contribution in [-0.2, 0) is 16.6 Å². The Morgan fingerprint density at radius 3 is 2.46 bits per heavy atom. The predicted molar refractivity (Wildman–Crippen MR) is 99.4 cm³/mol. The minimum Gasteiger partial charge on any atom is -0.349 e. The Morgan fingerprint density at radius 1 is 1.19 bits per heavy atom. The number of aromatic nitrogens is 2. The van der Waals surface area contributed by atoms with Crippen molar-refractivity contribution < 1.29 is 13.2 Å². The number of aryl methyl sites for hydroxylation is 1. The zero-order valence-electron chi connectivity index (χ0n) is 15.8. The van der Waals surface area contributed by atoms with Crippen molar-refractivity contribution in [3.05, 3.63) is 11.8 Å². The molecule has 3 rings (SSSR count). The minimum atomic E-state index is -3.75. The molecule has 1 N–H and O–H groups in total. The van der Waals surface area contributed by atoms with E-state index in [1.165, 1.54) is 15.4 Å². The van der Waals surface area contributed by atoms with Gasteiger partial charge in [0, 0.05) is 31.9 Å². The Bertz CT molecular complexity index is 730. The summed E-state index contributed by atoms with van der Waals surface area (Å²) in [6, 6.07) is 0.132. The fourth-order valence-corrected chi connectivity index (χ4v) is 5.34. The number of sulfonamides is 1. The molecule has 1 saturated heterocycles. The van der Waals surface area contributed by atoms with Gasteiger partial charge < -0.3 is 5.32 Å². The topological polar surface area (TPSA) is 84.3 Å². The van der Waals surface area contributed by atoms with Crippen LogP contribution in [0.25, 0.3) is 0 Å². The highest BCUT2D eigenvalue weighted by Gasteiger charge is 2.34. The predicted octanol–water partition coefficient (Wildman–Crippen LogP) is 2.39.